The number of likely N-dealkylation sites (tertiary alicyclic amines) is 1. The number of benzene rings is 1. The van der Waals surface area contributed by atoms with Crippen LogP contribution in [0.3, 0.4) is 0 Å². The average molecular weight is 318 g/mol. The van der Waals surface area contributed by atoms with Gasteiger partial charge in [0.2, 0.25) is 0 Å². The Bertz CT molecular complexity index is 588. The molecule has 23 heavy (non-hydrogen) atoms. The van der Waals surface area contributed by atoms with Crippen molar-refractivity contribution in [3.8, 4) is 0 Å². The number of carboxylic acids is 1. The quantitative estimate of drug-likeness (QED) is 0.855. The predicted molar refractivity (Wildman–Crippen MR) is 84.8 cm³/mol. The van der Waals surface area contributed by atoms with E-state index in [0.717, 1.165) is 11.1 Å². The van der Waals surface area contributed by atoms with Crippen molar-refractivity contribution in [1.82, 2.24) is 4.90 Å². The largest absolute Gasteiger partial charge is 0.548 e. The topological polar surface area (TPSA) is 69.7 Å². The molecular formula is C18H24NO4-. The van der Waals surface area contributed by atoms with E-state index in [1.165, 1.54) is 4.90 Å². The van der Waals surface area contributed by atoms with Gasteiger partial charge in [-0.3, -0.25) is 4.90 Å². The zero-order chi connectivity index (χ0) is 17.3. The lowest BCUT2D eigenvalue weighted by atomic mass is 9.88. The van der Waals surface area contributed by atoms with E-state index < -0.39 is 23.2 Å². The second kappa shape index (κ2) is 6.22. The van der Waals surface area contributed by atoms with Gasteiger partial charge in [0.15, 0.2) is 0 Å². The van der Waals surface area contributed by atoms with Crippen molar-refractivity contribution >= 4 is 12.1 Å². The molecule has 5 nitrogen and oxygen atoms in total. The molecule has 0 radical (unpaired) electrons. The molecule has 1 aliphatic heterocycles. The summed E-state index contributed by atoms with van der Waals surface area (Å²) in [4.78, 5) is 25.7. The Balaban J connectivity index is 2.29. The van der Waals surface area contributed by atoms with Crippen LogP contribution in [0, 0.1) is 6.92 Å². The zero-order valence-corrected chi connectivity index (χ0v) is 14.2. The normalized spacial score (nSPS) is 21.3. The molecule has 1 amide bonds. The Morgan fingerprint density at radius 3 is 2.39 bits per heavy atom. The molecular weight excluding hydrogens is 294 g/mol. The number of hydrogen-bond acceptors (Lipinski definition) is 4. The molecule has 0 aromatic heterocycles. The third-order valence-corrected chi connectivity index (χ3v) is 4.10. The van der Waals surface area contributed by atoms with Crippen LogP contribution in [-0.2, 0) is 16.0 Å². The number of aryl methyl sites for hydroxylation is 1. The van der Waals surface area contributed by atoms with Crippen LogP contribution in [0.25, 0.3) is 0 Å². The summed E-state index contributed by atoms with van der Waals surface area (Å²) in [6.45, 7) is 7.64. The monoisotopic (exact) mass is 318 g/mol. The second-order valence-corrected chi connectivity index (χ2v) is 7.22. The average Bonchev–Trinajstić information content (AvgIpc) is 2.84. The first-order chi connectivity index (χ1) is 10.6. The van der Waals surface area contributed by atoms with E-state index in [0.29, 0.717) is 19.4 Å². The SMILES string of the molecule is Cc1ccc(C[C@@]2(C(=O)[O-])CCCN2C(=O)OC(C)(C)C)cc1. The van der Waals surface area contributed by atoms with Gasteiger partial charge < -0.3 is 14.6 Å². The van der Waals surface area contributed by atoms with E-state index in [4.69, 9.17) is 4.74 Å². The fourth-order valence-corrected chi connectivity index (χ4v) is 2.97. The third-order valence-electron chi connectivity index (χ3n) is 4.10. The minimum absolute atomic E-state index is 0.231. The second-order valence-electron chi connectivity index (χ2n) is 7.22. The number of carboxylic acid groups (broad SMARTS) is 1. The summed E-state index contributed by atoms with van der Waals surface area (Å²) >= 11 is 0. The van der Waals surface area contributed by atoms with E-state index in [1.807, 2.05) is 31.2 Å². The summed E-state index contributed by atoms with van der Waals surface area (Å²) in [6.07, 6.45) is 0.641. The van der Waals surface area contributed by atoms with Crippen LogP contribution in [0.4, 0.5) is 4.79 Å². The Labute approximate surface area is 137 Å². The molecule has 5 heteroatoms. The minimum Gasteiger partial charge on any atom is -0.548 e. The maximum atomic E-state index is 12.4. The molecule has 1 fully saturated rings. The van der Waals surface area contributed by atoms with Gasteiger partial charge in [0.1, 0.15) is 5.60 Å². The molecule has 2 rings (SSSR count). The summed E-state index contributed by atoms with van der Waals surface area (Å²) in [5, 5.41) is 11.9. The number of ether oxygens (including phenoxy) is 1. The molecule has 1 aromatic carbocycles. The highest BCUT2D eigenvalue weighted by Crippen LogP contribution is 2.34. The van der Waals surface area contributed by atoms with Crippen molar-refractivity contribution < 1.29 is 19.4 Å². The van der Waals surface area contributed by atoms with Crippen molar-refractivity contribution in [1.29, 1.82) is 0 Å². The number of rotatable bonds is 3. The van der Waals surface area contributed by atoms with Gasteiger partial charge in [-0.05, 0) is 46.1 Å². The van der Waals surface area contributed by atoms with Crippen LogP contribution in [0.2, 0.25) is 0 Å². The molecule has 0 N–H and O–H groups in total. The zero-order valence-electron chi connectivity index (χ0n) is 14.2. The molecule has 0 unspecified atom stereocenters. The van der Waals surface area contributed by atoms with Gasteiger partial charge >= 0.3 is 6.09 Å². The number of amides is 1. The Morgan fingerprint density at radius 2 is 1.87 bits per heavy atom. The Morgan fingerprint density at radius 1 is 1.26 bits per heavy atom. The van der Waals surface area contributed by atoms with Crippen LogP contribution in [0.5, 0.6) is 0 Å². The van der Waals surface area contributed by atoms with Crippen molar-refractivity contribution in [2.24, 2.45) is 0 Å². The summed E-state index contributed by atoms with van der Waals surface area (Å²) in [5.74, 6) is -1.22. The lowest BCUT2D eigenvalue weighted by Crippen LogP contribution is -2.60. The lowest BCUT2D eigenvalue weighted by Gasteiger charge is -2.40. The predicted octanol–water partition coefficient (Wildman–Crippen LogP) is 2.06. The molecule has 1 aromatic rings. The van der Waals surface area contributed by atoms with Crippen molar-refractivity contribution in [3.05, 3.63) is 35.4 Å². The highest BCUT2D eigenvalue weighted by Gasteiger charge is 2.46. The first-order valence-corrected chi connectivity index (χ1v) is 7.92. The van der Waals surface area contributed by atoms with Gasteiger partial charge in [-0.1, -0.05) is 29.8 Å². The van der Waals surface area contributed by atoms with Gasteiger partial charge in [-0.25, -0.2) is 4.79 Å². The molecule has 0 spiro atoms. The van der Waals surface area contributed by atoms with E-state index in [2.05, 4.69) is 0 Å². The lowest BCUT2D eigenvalue weighted by molar-refractivity contribution is -0.317. The number of nitrogens with zero attached hydrogens (tertiary/aromatic N) is 1. The fraction of sp³-hybridized carbons (Fsp3) is 0.556. The Hall–Kier alpha value is -2.04. The smallest absolute Gasteiger partial charge is 0.411 e. The third kappa shape index (κ3) is 3.84. The molecule has 1 heterocycles. The van der Waals surface area contributed by atoms with E-state index in [-0.39, 0.29) is 6.42 Å². The number of carbonyl (C=O) groups excluding carboxylic acids is 2. The van der Waals surface area contributed by atoms with Crippen molar-refractivity contribution in [2.75, 3.05) is 6.54 Å². The molecule has 126 valence electrons. The van der Waals surface area contributed by atoms with Crippen molar-refractivity contribution in [2.45, 2.75) is 58.1 Å². The first kappa shape index (κ1) is 17.3. The number of hydrogen-bond donors (Lipinski definition) is 0. The minimum atomic E-state index is -1.34. The Kier molecular flexibility index (Phi) is 4.68. The van der Waals surface area contributed by atoms with E-state index in [9.17, 15) is 14.7 Å². The molecule has 1 saturated heterocycles. The molecule has 0 saturated carbocycles. The van der Waals surface area contributed by atoms with Crippen LogP contribution >= 0.6 is 0 Å². The molecule has 0 bridgehead atoms. The van der Waals surface area contributed by atoms with Crippen LogP contribution < -0.4 is 5.11 Å². The van der Waals surface area contributed by atoms with Crippen LogP contribution in [0.15, 0.2) is 24.3 Å². The summed E-state index contributed by atoms with van der Waals surface area (Å²) < 4.78 is 5.38. The standard InChI is InChI=1S/C18H25NO4/c1-13-6-8-14(9-7-13)12-18(15(20)21)10-5-11-19(18)16(22)23-17(2,3)4/h6-9H,5,10-12H2,1-4H3,(H,20,21)/p-1/t18-/m1/s1. The van der Waals surface area contributed by atoms with Gasteiger partial charge in [0.05, 0.1) is 11.5 Å². The van der Waals surface area contributed by atoms with Gasteiger partial charge in [0, 0.05) is 13.0 Å². The van der Waals surface area contributed by atoms with Gasteiger partial charge in [-0.2, -0.15) is 0 Å². The van der Waals surface area contributed by atoms with Gasteiger partial charge in [0.25, 0.3) is 0 Å². The summed E-state index contributed by atoms with van der Waals surface area (Å²) in [5.41, 5.74) is -0.0272. The number of aliphatic carboxylic acids is 1. The van der Waals surface area contributed by atoms with Gasteiger partial charge in [-0.15, -0.1) is 0 Å². The highest BCUT2D eigenvalue weighted by molar-refractivity contribution is 5.84. The van der Waals surface area contributed by atoms with E-state index in [1.54, 1.807) is 20.8 Å². The highest BCUT2D eigenvalue weighted by atomic mass is 16.6. The summed E-state index contributed by atoms with van der Waals surface area (Å²) in [6, 6.07) is 7.66. The summed E-state index contributed by atoms with van der Waals surface area (Å²) in [7, 11) is 0. The molecule has 1 aliphatic rings. The molecule has 0 aliphatic carbocycles. The maximum Gasteiger partial charge on any atom is 0.411 e. The van der Waals surface area contributed by atoms with Crippen molar-refractivity contribution in [3.63, 3.8) is 0 Å². The maximum absolute atomic E-state index is 12.4. The number of carbonyl (C=O) groups is 2. The van der Waals surface area contributed by atoms with Crippen LogP contribution in [-0.4, -0.2) is 34.6 Å². The first-order valence-electron chi connectivity index (χ1n) is 7.92. The fourth-order valence-electron chi connectivity index (χ4n) is 2.97. The van der Waals surface area contributed by atoms with E-state index >= 15 is 0 Å². The molecule has 1 atom stereocenters. The van der Waals surface area contributed by atoms with Crippen LogP contribution in [0.1, 0.15) is 44.7 Å².